The fraction of sp³-hybridized carbons (Fsp3) is 0.960. The first kappa shape index (κ1) is 23.9. The highest BCUT2D eigenvalue weighted by atomic mass is 16.7. The Kier molecular flexibility index (Phi) is 6.11. The Labute approximate surface area is 195 Å². The van der Waals surface area contributed by atoms with Crippen molar-refractivity contribution in [1.29, 1.82) is 0 Å². The minimum atomic E-state index is -1.70. The average Bonchev–Trinajstić information content (AvgIpc) is 3.10. The normalized spacial score (nSPS) is 56.5. The zero-order valence-corrected chi connectivity index (χ0v) is 19.7. The summed E-state index contributed by atoms with van der Waals surface area (Å²) in [6.45, 7) is 4.72. The molecular weight excluding hydrogens is 428 g/mol. The third kappa shape index (κ3) is 3.67. The lowest BCUT2D eigenvalue weighted by atomic mass is 9.45. The molecule has 0 aromatic carbocycles. The van der Waals surface area contributed by atoms with Crippen LogP contribution in [0.4, 0.5) is 0 Å². The molecule has 13 atom stereocenters. The first-order chi connectivity index (χ1) is 15.6. The molecule has 0 spiro atoms. The molecule has 1 saturated heterocycles. The standard InChI is InChI=1S/C25H40O8/c1-24-9-7-13(26)11-12(24)3-4-14-15-5-6-17(25(15,2)10-8-16(14)24)32-23-20(29)18(27)19(28)21(33-23)22(30)31/h12-21,23,26-29H,3-11H2,1-2H3,(H,30,31)/t12?,13-,14+,15+,16+,17+,18+,19+,20-,21+,23-,24+,25+/m1/s1. The van der Waals surface area contributed by atoms with E-state index in [1.807, 2.05) is 0 Å². The molecule has 5 fully saturated rings. The van der Waals surface area contributed by atoms with Crippen LogP contribution < -0.4 is 0 Å². The summed E-state index contributed by atoms with van der Waals surface area (Å²) in [4.78, 5) is 11.5. The van der Waals surface area contributed by atoms with Gasteiger partial charge in [-0.1, -0.05) is 13.8 Å². The summed E-state index contributed by atoms with van der Waals surface area (Å²) in [6.07, 6.45) is 1.15. The molecule has 188 valence electrons. The van der Waals surface area contributed by atoms with E-state index in [0.29, 0.717) is 29.1 Å². The highest BCUT2D eigenvalue weighted by Gasteiger charge is 2.61. The summed E-state index contributed by atoms with van der Waals surface area (Å²) >= 11 is 0. The molecule has 0 amide bonds. The topological polar surface area (TPSA) is 137 Å². The highest BCUT2D eigenvalue weighted by molar-refractivity contribution is 5.73. The van der Waals surface area contributed by atoms with Gasteiger partial charge in [-0.15, -0.1) is 0 Å². The summed E-state index contributed by atoms with van der Waals surface area (Å²) in [5.74, 6) is 0.987. The van der Waals surface area contributed by atoms with Crippen LogP contribution in [0, 0.1) is 34.5 Å². The van der Waals surface area contributed by atoms with Gasteiger partial charge in [0.15, 0.2) is 12.4 Å². The van der Waals surface area contributed by atoms with Gasteiger partial charge in [-0.2, -0.15) is 0 Å². The number of rotatable bonds is 3. The molecule has 0 bridgehead atoms. The molecule has 0 aromatic heterocycles. The van der Waals surface area contributed by atoms with Crippen molar-refractivity contribution in [1.82, 2.24) is 0 Å². The molecule has 4 saturated carbocycles. The molecule has 5 aliphatic rings. The van der Waals surface area contributed by atoms with Gasteiger partial charge in [0.1, 0.15) is 18.3 Å². The minimum absolute atomic E-state index is 0.0959. The van der Waals surface area contributed by atoms with Gasteiger partial charge in [0.2, 0.25) is 0 Å². The van der Waals surface area contributed by atoms with Gasteiger partial charge in [-0.3, -0.25) is 0 Å². The molecule has 0 radical (unpaired) electrons. The molecule has 8 nitrogen and oxygen atoms in total. The Bertz CT molecular complexity index is 761. The summed E-state index contributed by atoms with van der Waals surface area (Å²) in [5.41, 5.74) is 0.196. The van der Waals surface area contributed by atoms with Crippen molar-refractivity contribution in [3.8, 4) is 0 Å². The van der Waals surface area contributed by atoms with Gasteiger partial charge in [0.25, 0.3) is 0 Å². The number of aliphatic carboxylic acids is 1. The maximum Gasteiger partial charge on any atom is 0.335 e. The lowest BCUT2D eigenvalue weighted by molar-refractivity contribution is -0.313. The van der Waals surface area contributed by atoms with Crippen LogP contribution in [0.25, 0.3) is 0 Å². The van der Waals surface area contributed by atoms with E-state index in [2.05, 4.69) is 13.8 Å². The summed E-state index contributed by atoms with van der Waals surface area (Å²) in [5, 5.41) is 50.2. The van der Waals surface area contributed by atoms with Gasteiger partial charge in [-0.05, 0) is 92.3 Å². The van der Waals surface area contributed by atoms with Crippen LogP contribution in [-0.2, 0) is 14.3 Å². The van der Waals surface area contributed by atoms with E-state index in [-0.39, 0.29) is 17.6 Å². The molecule has 5 rings (SSSR count). The van der Waals surface area contributed by atoms with E-state index in [0.717, 1.165) is 44.9 Å². The quantitative estimate of drug-likeness (QED) is 0.422. The van der Waals surface area contributed by atoms with Gasteiger partial charge in [0.05, 0.1) is 12.2 Å². The summed E-state index contributed by atoms with van der Waals surface area (Å²) in [6, 6.07) is 0. The first-order valence-corrected chi connectivity index (χ1v) is 12.8. The van der Waals surface area contributed by atoms with Crippen LogP contribution in [0.2, 0.25) is 0 Å². The van der Waals surface area contributed by atoms with E-state index in [1.54, 1.807) is 0 Å². The van der Waals surface area contributed by atoms with Crippen molar-refractivity contribution < 1.29 is 39.8 Å². The van der Waals surface area contributed by atoms with Gasteiger partial charge >= 0.3 is 5.97 Å². The fourth-order valence-corrected chi connectivity index (χ4v) is 8.74. The Hall–Kier alpha value is -0.770. The smallest absolute Gasteiger partial charge is 0.335 e. The Morgan fingerprint density at radius 3 is 2.27 bits per heavy atom. The maximum atomic E-state index is 11.5. The van der Waals surface area contributed by atoms with Crippen molar-refractivity contribution in [2.45, 2.75) is 115 Å². The molecule has 8 heteroatoms. The predicted molar refractivity (Wildman–Crippen MR) is 117 cm³/mol. The van der Waals surface area contributed by atoms with E-state index < -0.39 is 36.7 Å². The largest absolute Gasteiger partial charge is 0.479 e. The SMILES string of the molecule is C[C@]12CC[C@H]3[C@@H](CCC4C[C@H](O)CC[C@@]43C)[C@@H]1CC[C@@H]2O[C@@H]1O[C@H](C(=O)O)[C@@H](O)[C@H](O)[C@H]1O. The lowest BCUT2D eigenvalue weighted by Crippen LogP contribution is -2.61. The van der Waals surface area contributed by atoms with Gasteiger partial charge in [-0.25, -0.2) is 4.79 Å². The van der Waals surface area contributed by atoms with Crippen molar-refractivity contribution in [3.05, 3.63) is 0 Å². The first-order valence-electron chi connectivity index (χ1n) is 12.8. The molecule has 4 aliphatic carbocycles. The van der Waals surface area contributed by atoms with Crippen LogP contribution in [0.5, 0.6) is 0 Å². The number of aliphatic hydroxyl groups is 4. The Balaban J connectivity index is 1.32. The number of hydrogen-bond acceptors (Lipinski definition) is 7. The lowest BCUT2D eigenvalue weighted by Gasteiger charge is -2.61. The van der Waals surface area contributed by atoms with Crippen molar-refractivity contribution in [2.24, 2.45) is 34.5 Å². The second-order valence-electron chi connectivity index (χ2n) is 12.1. The van der Waals surface area contributed by atoms with Gasteiger partial charge < -0.3 is 35.0 Å². The molecular formula is C25H40O8. The minimum Gasteiger partial charge on any atom is -0.479 e. The van der Waals surface area contributed by atoms with E-state index >= 15 is 0 Å². The van der Waals surface area contributed by atoms with Crippen molar-refractivity contribution >= 4 is 5.97 Å². The van der Waals surface area contributed by atoms with Gasteiger partial charge in [0, 0.05) is 0 Å². The van der Waals surface area contributed by atoms with Crippen molar-refractivity contribution in [3.63, 3.8) is 0 Å². The molecule has 33 heavy (non-hydrogen) atoms. The fourth-order valence-electron chi connectivity index (χ4n) is 8.74. The number of carbonyl (C=O) groups is 1. The number of carboxylic acids is 1. The second kappa shape index (κ2) is 8.42. The molecule has 5 N–H and O–H groups in total. The third-order valence-electron chi connectivity index (χ3n) is 10.7. The molecule has 1 unspecified atom stereocenters. The van der Waals surface area contributed by atoms with Crippen LogP contribution >= 0.6 is 0 Å². The number of fused-ring (bicyclic) bond motifs is 5. The predicted octanol–water partition coefficient (Wildman–Crippen LogP) is 1.67. The van der Waals surface area contributed by atoms with Crippen LogP contribution in [-0.4, -0.2) is 74.4 Å². The van der Waals surface area contributed by atoms with Crippen LogP contribution in [0.15, 0.2) is 0 Å². The average molecular weight is 469 g/mol. The summed E-state index contributed by atoms with van der Waals surface area (Å²) < 4.78 is 11.6. The Morgan fingerprint density at radius 1 is 0.848 bits per heavy atom. The number of aliphatic hydroxyl groups excluding tert-OH is 4. The number of ether oxygens (including phenoxy) is 2. The second-order valence-corrected chi connectivity index (χ2v) is 12.1. The Morgan fingerprint density at radius 2 is 1.55 bits per heavy atom. The number of carboxylic acid groups (broad SMARTS) is 1. The molecule has 1 aliphatic heterocycles. The number of hydrogen-bond donors (Lipinski definition) is 5. The van der Waals surface area contributed by atoms with E-state index in [9.17, 15) is 30.3 Å². The molecule has 1 heterocycles. The molecule has 0 aromatic rings. The zero-order valence-electron chi connectivity index (χ0n) is 19.7. The monoisotopic (exact) mass is 468 g/mol. The third-order valence-corrected chi connectivity index (χ3v) is 10.7. The van der Waals surface area contributed by atoms with Crippen molar-refractivity contribution in [2.75, 3.05) is 0 Å². The maximum absolute atomic E-state index is 11.5. The zero-order chi connectivity index (χ0) is 23.7. The highest BCUT2D eigenvalue weighted by Crippen LogP contribution is 2.66. The van der Waals surface area contributed by atoms with Crippen LogP contribution in [0.3, 0.4) is 0 Å². The summed E-state index contributed by atoms with van der Waals surface area (Å²) in [7, 11) is 0. The van der Waals surface area contributed by atoms with Crippen LogP contribution in [0.1, 0.15) is 71.6 Å². The van der Waals surface area contributed by atoms with E-state index in [4.69, 9.17) is 9.47 Å². The van der Waals surface area contributed by atoms with E-state index in [1.165, 1.54) is 12.8 Å².